The molecule has 0 spiro atoms. The molecule has 1 aliphatic heterocycles. The normalized spacial score (nSPS) is 22.0. The lowest BCUT2D eigenvalue weighted by Crippen LogP contribution is -2.65. The van der Waals surface area contributed by atoms with Crippen molar-refractivity contribution in [3.05, 3.63) is 114 Å². The highest BCUT2D eigenvalue weighted by atomic mass is 16.3. The maximum Gasteiger partial charge on any atom is 0.246 e. The largest absolute Gasteiger partial charge is 0.508 e. The molecular weight excluding hydrogens is 1680 g/mol. The van der Waals surface area contributed by atoms with Crippen molar-refractivity contribution >= 4 is 111 Å². The maximum absolute atomic E-state index is 15.3. The van der Waals surface area contributed by atoms with Crippen LogP contribution >= 0.6 is 0 Å². The Kier molecular flexibility index (Phi) is 42.0. The SMILES string of the molecule is CCCC[C@H](NNC(C)C(=O)C(=O)C(C)NC(=O)[C@]1(C)CCCc2cn(nn2)CCCCCC[C@@](C)(NC(=O)[C@H](Cc2ccccc2)NC(=O)[C@@H](NC(=O)[C@H](CC(C)C)NC(C)=O)[C@@H](C)O)C(=O)NC(C)C(=O)N[C@@H](Cc2ccc(O)cc2)C(=O)N[C@@H](Cc2c[nH]c3ccccc23)C(=O)NC(C)C(=O)C(=O)[C@H](CCC(N)=O)NN[C@@H](CC(C)C)C(=O)N1)C(=O)NC(C)C(N)=O. The van der Waals surface area contributed by atoms with Crippen LogP contribution in [0.25, 0.3) is 10.9 Å². The van der Waals surface area contributed by atoms with Crippen molar-refractivity contribution in [1.82, 2.24) is 100 Å². The fourth-order valence-electron chi connectivity index (χ4n) is 14.6. The van der Waals surface area contributed by atoms with E-state index in [2.05, 4.69) is 95.5 Å². The molecule has 1 aliphatic rings. The summed E-state index contributed by atoms with van der Waals surface area (Å²) in [4.78, 5) is 244. The number of aromatic amines is 1. The number of amides is 13. The number of benzene rings is 3. The van der Waals surface area contributed by atoms with Crippen molar-refractivity contribution in [2.45, 2.75) is 315 Å². The average molecular weight is 1810 g/mol. The van der Waals surface area contributed by atoms with Gasteiger partial charge in [-0.2, -0.15) is 0 Å². The highest BCUT2D eigenvalue weighted by molar-refractivity contribution is 6.41. The van der Waals surface area contributed by atoms with E-state index in [1.807, 2.05) is 20.8 Å². The standard InChI is InChI=1S/C90H133N21O19/c1-15-16-31-66(80(122)95-54(9)78(92)120)108-105-53(8)76(118)74(116)52(7)96-87(129)90(14)40-26-29-61-48-111(110-106-61)41-25-18-17-24-39-89(13,103-84(126)69(44-58-27-20-19-21-28-58)101-86(128)73(56(11)112)102-83(125)67(42-49(2)3)98-57(12)113)88(130)97-55(10)79(121)99-68(45-59-33-35-62(114)36-34-59)82(124)100-70(46-60-47-93-64-32-23-22-30-63(60)64)81(123)94-51(6)75(117)77(119)65(37-38-72(91)115)107-109-71(43-50(4)5)85(127)104-90/h19-23,27-28,30,32-36,47-56,65-71,73,93,105,107-109,112,114H,15-18,24-26,29,31,37-46H2,1-14H3,(H2,91,115)(H2,92,120)(H,94,123)(H,95,122)(H,96,129)(H,97,130)(H,98,113)(H,99,121)(H,100,124)(H,101,128)(H,102,125)(H,103,126)(H,104,127)/t51?,52?,53?,54?,55?,56-,65+,66+,67+,68+,69+,70+,71+,73+,89-,90+/m1/s1. The summed E-state index contributed by atoms with van der Waals surface area (Å²) >= 11 is 0. The van der Waals surface area contributed by atoms with Crippen molar-refractivity contribution in [3.8, 4) is 5.75 Å². The van der Waals surface area contributed by atoms with Gasteiger partial charge in [0, 0.05) is 62.4 Å². The molecule has 0 aliphatic carbocycles. The van der Waals surface area contributed by atoms with Gasteiger partial charge in [-0.25, -0.2) is 21.7 Å². The van der Waals surface area contributed by atoms with Crippen LogP contribution in [0.5, 0.6) is 5.75 Å². The monoisotopic (exact) mass is 1810 g/mol. The number of primary amides is 2. The van der Waals surface area contributed by atoms with Crippen LogP contribution in [0.15, 0.2) is 91.3 Å². The predicted octanol–water partition coefficient (Wildman–Crippen LogP) is 0.0655. The Morgan fingerprint density at radius 2 is 1.22 bits per heavy atom. The Morgan fingerprint density at radius 1 is 0.592 bits per heavy atom. The lowest BCUT2D eigenvalue weighted by Gasteiger charge is -2.33. The number of aromatic hydroxyl groups is 1. The molecule has 2 aromatic heterocycles. The number of hydrogen-bond donors (Lipinski definition) is 20. The third-order valence-electron chi connectivity index (χ3n) is 22.4. The summed E-state index contributed by atoms with van der Waals surface area (Å²) in [6.07, 6.45) is 3.28. The van der Waals surface area contributed by atoms with Gasteiger partial charge in [0.25, 0.3) is 0 Å². The maximum atomic E-state index is 15.3. The van der Waals surface area contributed by atoms with Crippen LogP contribution in [0.3, 0.4) is 0 Å². The highest BCUT2D eigenvalue weighted by Gasteiger charge is 2.44. The highest BCUT2D eigenvalue weighted by Crippen LogP contribution is 2.24. The molecule has 5 unspecified atom stereocenters. The fourth-order valence-corrected chi connectivity index (χ4v) is 14.6. The minimum atomic E-state index is -1.94. The van der Waals surface area contributed by atoms with Gasteiger partial charge in [0.15, 0.2) is 0 Å². The molecule has 16 atom stereocenters. The third-order valence-corrected chi connectivity index (χ3v) is 22.4. The van der Waals surface area contributed by atoms with Crippen molar-refractivity contribution < 1.29 is 91.7 Å². The predicted molar refractivity (Wildman–Crippen MR) is 480 cm³/mol. The number of carbonyl (C=O) groups is 17. The number of aliphatic hydroxyl groups excluding tert-OH is 1. The summed E-state index contributed by atoms with van der Waals surface area (Å²) in [7, 11) is 0. The number of unbranched alkanes of at least 4 members (excludes halogenated alkanes) is 1. The number of rotatable bonds is 35. The molecule has 712 valence electrons. The smallest absolute Gasteiger partial charge is 0.246 e. The van der Waals surface area contributed by atoms with Crippen molar-refractivity contribution in [1.29, 1.82) is 0 Å². The molecular formula is C90H133N21O19. The van der Waals surface area contributed by atoms with E-state index in [9.17, 15) is 67.7 Å². The van der Waals surface area contributed by atoms with Crippen molar-refractivity contribution in [3.63, 3.8) is 0 Å². The van der Waals surface area contributed by atoms with E-state index in [-0.39, 0.29) is 88.2 Å². The van der Waals surface area contributed by atoms with E-state index < -0.39 is 208 Å². The Labute approximate surface area is 756 Å². The number of para-hydroxylation sites is 1. The van der Waals surface area contributed by atoms with Crippen LogP contribution in [0, 0.1) is 11.8 Å². The van der Waals surface area contributed by atoms with E-state index >= 15 is 24.0 Å². The zero-order chi connectivity index (χ0) is 96.4. The number of phenolic OH excluding ortho intramolecular Hbond substituents is 1. The number of H-pyrrole nitrogens is 1. The molecule has 0 fully saturated rings. The number of hydrogen-bond acceptors (Lipinski definition) is 25. The molecule has 40 heteroatoms. The first-order valence-electron chi connectivity index (χ1n) is 44.4. The van der Waals surface area contributed by atoms with Gasteiger partial charge in [-0.05, 0) is 160 Å². The van der Waals surface area contributed by atoms with Gasteiger partial charge in [-0.15, -0.1) is 5.10 Å². The Hall–Kier alpha value is -12.3. The van der Waals surface area contributed by atoms with Crippen LogP contribution < -0.4 is 91.7 Å². The van der Waals surface area contributed by atoms with Gasteiger partial charge in [0.1, 0.15) is 65.2 Å². The Bertz CT molecular complexity index is 4750. The van der Waals surface area contributed by atoms with E-state index in [1.54, 1.807) is 85.5 Å². The molecule has 13 amide bonds. The van der Waals surface area contributed by atoms with Gasteiger partial charge >= 0.3 is 0 Å². The first-order chi connectivity index (χ1) is 61.3. The number of aromatic nitrogens is 4. The summed E-state index contributed by atoms with van der Waals surface area (Å²) in [6, 6.07) is 2.56. The summed E-state index contributed by atoms with van der Waals surface area (Å²) in [5, 5.41) is 60.0. The number of Topliss-reactive ketones (excluding diaryl/α,β-unsaturated/α-hetero) is 4. The number of fused-ring (bicyclic) bond motifs is 3. The third kappa shape index (κ3) is 33.7. The number of nitrogens with two attached hydrogens (primary N) is 2. The first kappa shape index (κ1) is 107. The summed E-state index contributed by atoms with van der Waals surface area (Å²) in [5.74, 6) is -16.2. The first-order valence-corrected chi connectivity index (χ1v) is 44.4. The molecule has 6 rings (SSSR count). The lowest BCUT2D eigenvalue weighted by atomic mass is 9.91. The molecule has 0 saturated heterocycles. The van der Waals surface area contributed by atoms with Gasteiger partial charge in [-0.3, -0.25) is 86.2 Å². The second-order valence-corrected chi connectivity index (χ2v) is 35.0. The van der Waals surface area contributed by atoms with Crippen LogP contribution in [0.1, 0.15) is 209 Å². The number of nitrogens with one attached hydrogen (secondary N) is 16. The second-order valence-electron chi connectivity index (χ2n) is 35.0. The number of aryl methyl sites for hydroxylation is 2. The van der Waals surface area contributed by atoms with Gasteiger partial charge in [0.2, 0.25) is 99.9 Å². The van der Waals surface area contributed by atoms with Gasteiger partial charge < -0.3 is 85.1 Å². The number of ketones is 4. The fraction of sp³-hybridized carbons (Fsp3) is 0.567. The zero-order valence-corrected chi connectivity index (χ0v) is 76.7. The molecule has 40 nitrogen and oxygen atoms in total. The molecule has 130 heavy (non-hydrogen) atoms. The molecule has 0 saturated carbocycles. The summed E-state index contributed by atoms with van der Waals surface area (Å²) < 4.78 is 1.59. The molecule has 22 N–H and O–H groups in total. The Balaban J connectivity index is 1.40. The average Bonchev–Trinajstić information content (AvgIpc) is 1.76. The molecule has 0 radical (unpaired) electrons. The molecule has 3 aromatic carbocycles. The second kappa shape index (κ2) is 51.2. The number of nitrogens with zero attached hydrogens (tertiary/aromatic N) is 3. The van der Waals surface area contributed by atoms with E-state index in [1.165, 1.54) is 86.6 Å². The van der Waals surface area contributed by atoms with Crippen molar-refractivity contribution in [2.24, 2.45) is 23.3 Å². The van der Waals surface area contributed by atoms with E-state index in [0.29, 0.717) is 71.9 Å². The molecule has 3 heterocycles. The van der Waals surface area contributed by atoms with Crippen LogP contribution in [0.2, 0.25) is 0 Å². The quantitative estimate of drug-likeness (QED) is 0.0188. The van der Waals surface area contributed by atoms with Gasteiger partial charge in [-0.1, -0.05) is 133 Å². The number of hydrazine groups is 2. The topological polar surface area (TPSA) is 610 Å². The minimum absolute atomic E-state index is 0.0128. The number of phenols is 1. The summed E-state index contributed by atoms with van der Waals surface area (Å²) in [5.41, 5.74) is 20.7. The summed E-state index contributed by atoms with van der Waals surface area (Å²) in [6.45, 7) is 21.2. The van der Waals surface area contributed by atoms with Crippen LogP contribution in [0.4, 0.5) is 0 Å². The molecule has 5 aromatic rings. The lowest BCUT2D eigenvalue weighted by molar-refractivity contribution is -0.141. The molecule has 2 bridgehead atoms. The van der Waals surface area contributed by atoms with Crippen molar-refractivity contribution in [2.75, 3.05) is 0 Å². The van der Waals surface area contributed by atoms with Gasteiger partial charge in [0.05, 0.1) is 42.0 Å². The van der Waals surface area contributed by atoms with E-state index in [4.69, 9.17) is 11.5 Å². The minimum Gasteiger partial charge on any atom is -0.508 e. The number of aliphatic hydroxyl groups is 1. The Morgan fingerprint density at radius 3 is 1.87 bits per heavy atom. The van der Waals surface area contributed by atoms with Crippen LogP contribution in [-0.4, -0.2) is 226 Å². The number of carbonyl (C=O) groups excluding carboxylic acids is 17. The van der Waals surface area contributed by atoms with E-state index in [0.717, 1.165) is 0 Å². The zero-order valence-electron chi connectivity index (χ0n) is 76.7. The van der Waals surface area contributed by atoms with Crippen LogP contribution in [-0.2, 0) is 114 Å².